The highest BCUT2D eigenvalue weighted by Crippen LogP contribution is 2.11. The van der Waals surface area contributed by atoms with E-state index in [4.69, 9.17) is 4.74 Å². The summed E-state index contributed by atoms with van der Waals surface area (Å²) in [6.45, 7) is 5.52. The molecule has 0 heterocycles. The van der Waals surface area contributed by atoms with Crippen molar-refractivity contribution in [1.29, 1.82) is 0 Å². The largest absolute Gasteiger partial charge is 0.385 e. The van der Waals surface area contributed by atoms with Crippen LogP contribution in [0.5, 0.6) is 0 Å². The van der Waals surface area contributed by atoms with Crippen molar-refractivity contribution in [2.24, 2.45) is 5.92 Å². The van der Waals surface area contributed by atoms with E-state index in [1.807, 2.05) is 0 Å². The molecule has 68 valence electrons. The lowest BCUT2D eigenvalue weighted by molar-refractivity contribution is 0.191. The fraction of sp³-hybridized carbons (Fsp3) is 1.00. The predicted molar refractivity (Wildman–Crippen MR) is 49.8 cm³/mol. The van der Waals surface area contributed by atoms with E-state index in [1.165, 1.54) is 32.1 Å². The standard InChI is InChI=1S/C10H22O/c1-4-10(2)8-6-5-7-9-11-3/h10H,4-9H2,1-3H3. The molecular weight excluding hydrogens is 136 g/mol. The van der Waals surface area contributed by atoms with Crippen LogP contribution >= 0.6 is 0 Å². The topological polar surface area (TPSA) is 9.23 Å². The van der Waals surface area contributed by atoms with Crippen LogP contribution in [0.25, 0.3) is 0 Å². The van der Waals surface area contributed by atoms with E-state index in [1.54, 1.807) is 7.11 Å². The molecule has 1 heteroatoms. The van der Waals surface area contributed by atoms with Crippen LogP contribution in [0.3, 0.4) is 0 Å². The zero-order chi connectivity index (χ0) is 8.53. The molecule has 0 amide bonds. The highest BCUT2D eigenvalue weighted by atomic mass is 16.5. The molecule has 1 atom stereocenters. The zero-order valence-corrected chi connectivity index (χ0v) is 8.23. The molecule has 1 unspecified atom stereocenters. The lowest BCUT2D eigenvalue weighted by Gasteiger charge is -2.06. The number of hydrogen-bond donors (Lipinski definition) is 0. The Morgan fingerprint density at radius 1 is 1.18 bits per heavy atom. The van der Waals surface area contributed by atoms with Crippen molar-refractivity contribution in [3.63, 3.8) is 0 Å². The fourth-order valence-corrected chi connectivity index (χ4v) is 1.12. The van der Waals surface area contributed by atoms with Gasteiger partial charge in [0, 0.05) is 13.7 Å². The van der Waals surface area contributed by atoms with Gasteiger partial charge in [-0.2, -0.15) is 0 Å². The van der Waals surface area contributed by atoms with Gasteiger partial charge in [-0.25, -0.2) is 0 Å². The molecule has 0 aromatic rings. The van der Waals surface area contributed by atoms with Crippen molar-refractivity contribution in [3.8, 4) is 0 Å². The zero-order valence-electron chi connectivity index (χ0n) is 8.23. The SMILES string of the molecule is CCC(C)CCCCCOC. The van der Waals surface area contributed by atoms with Gasteiger partial charge in [0.25, 0.3) is 0 Å². The van der Waals surface area contributed by atoms with E-state index >= 15 is 0 Å². The number of unbranched alkanes of at least 4 members (excludes halogenated alkanes) is 2. The maximum atomic E-state index is 4.98. The summed E-state index contributed by atoms with van der Waals surface area (Å²) in [4.78, 5) is 0. The lowest BCUT2D eigenvalue weighted by atomic mass is 10.0. The Kier molecular flexibility index (Phi) is 8.03. The summed E-state index contributed by atoms with van der Waals surface area (Å²) in [6, 6.07) is 0. The Labute approximate surface area is 71.1 Å². The van der Waals surface area contributed by atoms with Crippen LogP contribution in [0.1, 0.15) is 46.0 Å². The first kappa shape index (κ1) is 11.0. The van der Waals surface area contributed by atoms with E-state index in [2.05, 4.69) is 13.8 Å². The van der Waals surface area contributed by atoms with Crippen molar-refractivity contribution < 1.29 is 4.74 Å². The Bertz CT molecular complexity index is 71.3. The number of methoxy groups -OCH3 is 1. The summed E-state index contributed by atoms with van der Waals surface area (Å²) in [6.07, 6.45) is 6.65. The molecule has 0 bridgehead atoms. The number of rotatable bonds is 7. The number of ether oxygens (including phenoxy) is 1. The van der Waals surface area contributed by atoms with Gasteiger partial charge < -0.3 is 4.74 Å². The molecule has 0 aromatic carbocycles. The van der Waals surface area contributed by atoms with E-state index < -0.39 is 0 Å². The fourth-order valence-electron chi connectivity index (χ4n) is 1.12. The summed E-state index contributed by atoms with van der Waals surface area (Å²) >= 11 is 0. The molecule has 0 aliphatic carbocycles. The van der Waals surface area contributed by atoms with Crippen molar-refractivity contribution in [2.45, 2.75) is 46.0 Å². The monoisotopic (exact) mass is 158 g/mol. The van der Waals surface area contributed by atoms with Gasteiger partial charge >= 0.3 is 0 Å². The van der Waals surface area contributed by atoms with Crippen molar-refractivity contribution in [3.05, 3.63) is 0 Å². The summed E-state index contributed by atoms with van der Waals surface area (Å²) < 4.78 is 4.98. The first-order valence-electron chi connectivity index (χ1n) is 4.80. The van der Waals surface area contributed by atoms with Crippen LogP contribution in [-0.2, 0) is 4.74 Å². The highest BCUT2D eigenvalue weighted by molar-refractivity contribution is 4.50. The molecule has 0 spiro atoms. The minimum atomic E-state index is 0.914. The van der Waals surface area contributed by atoms with Gasteiger partial charge in [-0.05, 0) is 12.3 Å². The van der Waals surface area contributed by atoms with Crippen LogP contribution in [0.15, 0.2) is 0 Å². The normalized spacial score (nSPS) is 13.4. The quantitative estimate of drug-likeness (QED) is 0.517. The maximum Gasteiger partial charge on any atom is 0.0462 e. The van der Waals surface area contributed by atoms with Crippen LogP contribution in [-0.4, -0.2) is 13.7 Å². The van der Waals surface area contributed by atoms with Crippen LogP contribution in [0.4, 0.5) is 0 Å². The second kappa shape index (κ2) is 8.06. The highest BCUT2D eigenvalue weighted by Gasteiger charge is 1.97. The van der Waals surface area contributed by atoms with Gasteiger partial charge in [-0.15, -0.1) is 0 Å². The van der Waals surface area contributed by atoms with E-state index in [9.17, 15) is 0 Å². The average Bonchev–Trinajstić information content (AvgIpc) is 2.04. The predicted octanol–water partition coefficient (Wildman–Crippen LogP) is 3.24. The first-order valence-corrected chi connectivity index (χ1v) is 4.80. The summed E-state index contributed by atoms with van der Waals surface area (Å²) in [5.41, 5.74) is 0. The van der Waals surface area contributed by atoms with Gasteiger partial charge in [0.15, 0.2) is 0 Å². The van der Waals surface area contributed by atoms with E-state index in [-0.39, 0.29) is 0 Å². The summed E-state index contributed by atoms with van der Waals surface area (Å²) in [5.74, 6) is 0.914. The third-order valence-corrected chi connectivity index (χ3v) is 2.24. The Morgan fingerprint density at radius 3 is 2.45 bits per heavy atom. The van der Waals surface area contributed by atoms with Crippen LogP contribution in [0, 0.1) is 5.92 Å². The molecule has 0 aliphatic rings. The molecule has 0 radical (unpaired) electrons. The van der Waals surface area contributed by atoms with Gasteiger partial charge in [-0.1, -0.05) is 39.5 Å². The minimum Gasteiger partial charge on any atom is -0.385 e. The Balaban J connectivity index is 2.89. The molecule has 0 aliphatic heterocycles. The molecule has 0 rings (SSSR count). The molecule has 0 aromatic heterocycles. The molecule has 1 nitrogen and oxygen atoms in total. The second-order valence-corrected chi connectivity index (χ2v) is 3.36. The average molecular weight is 158 g/mol. The number of hydrogen-bond acceptors (Lipinski definition) is 1. The van der Waals surface area contributed by atoms with Gasteiger partial charge in [0.2, 0.25) is 0 Å². The van der Waals surface area contributed by atoms with Crippen LogP contribution < -0.4 is 0 Å². The van der Waals surface area contributed by atoms with Crippen LogP contribution in [0.2, 0.25) is 0 Å². The second-order valence-electron chi connectivity index (χ2n) is 3.36. The van der Waals surface area contributed by atoms with Gasteiger partial charge in [-0.3, -0.25) is 0 Å². The molecule has 0 saturated heterocycles. The third kappa shape index (κ3) is 7.86. The van der Waals surface area contributed by atoms with Crippen molar-refractivity contribution in [1.82, 2.24) is 0 Å². The molecule has 0 fully saturated rings. The van der Waals surface area contributed by atoms with E-state index in [0.29, 0.717) is 0 Å². The van der Waals surface area contributed by atoms with Crippen molar-refractivity contribution >= 4 is 0 Å². The molecular formula is C10H22O. The van der Waals surface area contributed by atoms with Crippen molar-refractivity contribution in [2.75, 3.05) is 13.7 Å². The maximum absolute atomic E-state index is 4.98. The first-order chi connectivity index (χ1) is 5.31. The molecule has 0 saturated carbocycles. The minimum absolute atomic E-state index is 0.914. The lowest BCUT2D eigenvalue weighted by Crippen LogP contribution is -1.93. The summed E-state index contributed by atoms with van der Waals surface area (Å²) in [5, 5.41) is 0. The molecule has 11 heavy (non-hydrogen) atoms. The van der Waals surface area contributed by atoms with Gasteiger partial charge in [0.1, 0.15) is 0 Å². The smallest absolute Gasteiger partial charge is 0.0462 e. The van der Waals surface area contributed by atoms with Gasteiger partial charge in [0.05, 0.1) is 0 Å². The van der Waals surface area contributed by atoms with E-state index in [0.717, 1.165) is 12.5 Å². The third-order valence-electron chi connectivity index (χ3n) is 2.24. The molecule has 0 N–H and O–H groups in total. The Hall–Kier alpha value is -0.0400. The summed E-state index contributed by atoms with van der Waals surface area (Å²) in [7, 11) is 1.77. The Morgan fingerprint density at radius 2 is 1.91 bits per heavy atom.